The lowest BCUT2D eigenvalue weighted by molar-refractivity contribution is -0.146. The first-order chi connectivity index (χ1) is 17.0. The monoisotopic (exact) mass is 551 g/mol. The van der Waals surface area contributed by atoms with Crippen LogP contribution in [0.3, 0.4) is 0 Å². The zero-order valence-electron chi connectivity index (χ0n) is 19.0. The molecule has 3 heterocycles. The van der Waals surface area contributed by atoms with Crippen LogP contribution in [0.1, 0.15) is 47.7 Å². The van der Waals surface area contributed by atoms with Crippen molar-refractivity contribution < 1.29 is 21.6 Å². The second-order valence-corrected chi connectivity index (χ2v) is 12.3. The maximum Gasteiger partial charge on any atom is 0.395 e. The van der Waals surface area contributed by atoms with Crippen LogP contribution in [0.15, 0.2) is 60.9 Å². The first-order valence-corrected chi connectivity index (χ1v) is 14.0. The molecule has 1 fully saturated rings. The summed E-state index contributed by atoms with van der Waals surface area (Å²) in [5, 5.41) is 0.780. The minimum absolute atomic E-state index is 0.0919. The normalized spacial score (nSPS) is 16.2. The lowest BCUT2D eigenvalue weighted by Crippen LogP contribution is -2.31. The van der Waals surface area contributed by atoms with E-state index in [-0.39, 0.29) is 5.56 Å². The number of benzene rings is 1. The van der Waals surface area contributed by atoms with Crippen LogP contribution in [0.2, 0.25) is 5.02 Å². The highest BCUT2D eigenvalue weighted by atomic mass is 35.5. The summed E-state index contributed by atoms with van der Waals surface area (Å²) in [5.41, 5.74) is 1.45. The fraction of sp³-hybridized carbons (Fsp3) is 0.280. The van der Waals surface area contributed by atoms with Gasteiger partial charge in [0.2, 0.25) is 10.0 Å². The quantitative estimate of drug-likeness (QED) is 0.273. The summed E-state index contributed by atoms with van der Waals surface area (Å²) < 4.78 is 69.2. The number of hydrogen-bond acceptors (Lipinski definition) is 5. The summed E-state index contributed by atoms with van der Waals surface area (Å²) in [5.74, 6) is -1.65. The molecule has 0 amide bonds. The Morgan fingerprint density at radius 1 is 1.08 bits per heavy atom. The Balaban J connectivity index is 1.61. The molecule has 2 atom stereocenters. The predicted octanol–water partition coefficient (Wildman–Crippen LogP) is 6.85. The molecule has 1 N–H and O–H groups in total. The highest BCUT2D eigenvalue weighted by molar-refractivity contribution is 7.90. The third kappa shape index (κ3) is 5.00. The molecule has 5 rings (SSSR count). The number of aromatic nitrogens is 2. The number of rotatable bonds is 7. The van der Waals surface area contributed by atoms with Gasteiger partial charge in [-0.25, -0.2) is 13.1 Å². The Labute approximate surface area is 215 Å². The van der Waals surface area contributed by atoms with Crippen LogP contribution in [0.5, 0.6) is 0 Å². The Kier molecular flexibility index (Phi) is 6.57. The van der Waals surface area contributed by atoms with Gasteiger partial charge in [-0.15, -0.1) is 11.3 Å². The van der Waals surface area contributed by atoms with Gasteiger partial charge in [0.15, 0.2) is 0 Å². The fourth-order valence-corrected chi connectivity index (χ4v) is 7.04. The summed E-state index contributed by atoms with van der Waals surface area (Å²) in [6.07, 6.45) is -0.241. The average Bonchev–Trinajstić information content (AvgIpc) is 3.62. The van der Waals surface area contributed by atoms with E-state index < -0.39 is 33.4 Å². The van der Waals surface area contributed by atoms with Gasteiger partial charge in [-0.1, -0.05) is 29.8 Å². The molecule has 1 saturated carbocycles. The van der Waals surface area contributed by atoms with Crippen LogP contribution in [0, 0.1) is 0 Å². The largest absolute Gasteiger partial charge is 0.395 e. The summed E-state index contributed by atoms with van der Waals surface area (Å²) in [6.45, 7) is 1.11. The van der Waals surface area contributed by atoms with Crippen LogP contribution in [-0.4, -0.2) is 29.8 Å². The molecule has 188 valence electrons. The zero-order chi connectivity index (χ0) is 25.7. The SMILES string of the molecule is CC(c1ccnc(-c2nccc3cc([C@H](NS(=O)(=O)C4CC4)c4ccccc4Cl)sc23)c1)C(F)(F)F. The number of fused-ring (bicyclic) bond motifs is 1. The number of alkyl halides is 3. The van der Waals surface area contributed by atoms with Crippen molar-refractivity contribution in [3.8, 4) is 11.4 Å². The third-order valence-corrected chi connectivity index (χ3v) is 9.70. The van der Waals surface area contributed by atoms with Gasteiger partial charge in [0.1, 0.15) is 5.69 Å². The van der Waals surface area contributed by atoms with Gasteiger partial charge < -0.3 is 0 Å². The molecule has 36 heavy (non-hydrogen) atoms. The average molecular weight is 552 g/mol. The smallest absolute Gasteiger partial charge is 0.255 e. The number of nitrogens with zero attached hydrogens (tertiary/aromatic N) is 2. The lowest BCUT2D eigenvalue weighted by atomic mass is 10.0. The van der Waals surface area contributed by atoms with E-state index >= 15 is 0 Å². The molecule has 0 spiro atoms. The molecule has 4 aromatic rings. The third-order valence-electron chi connectivity index (χ3n) is 6.22. The Hall–Kier alpha value is -2.53. The molecule has 1 aliphatic carbocycles. The van der Waals surface area contributed by atoms with Crippen molar-refractivity contribution >= 4 is 43.0 Å². The van der Waals surface area contributed by atoms with Gasteiger partial charge in [-0.2, -0.15) is 13.2 Å². The molecule has 3 aromatic heterocycles. The van der Waals surface area contributed by atoms with E-state index in [4.69, 9.17) is 11.6 Å². The molecule has 5 nitrogen and oxygen atoms in total. The summed E-state index contributed by atoms with van der Waals surface area (Å²) in [6, 6.07) is 12.7. The molecule has 1 aliphatic rings. The van der Waals surface area contributed by atoms with E-state index in [0.29, 0.717) is 44.4 Å². The van der Waals surface area contributed by atoms with Gasteiger partial charge in [-0.05, 0) is 66.6 Å². The van der Waals surface area contributed by atoms with E-state index in [9.17, 15) is 21.6 Å². The van der Waals surface area contributed by atoms with Gasteiger partial charge in [0.05, 0.1) is 27.6 Å². The van der Waals surface area contributed by atoms with Crippen LogP contribution < -0.4 is 4.72 Å². The maximum absolute atomic E-state index is 13.3. The number of halogens is 4. The number of sulfonamides is 1. The van der Waals surface area contributed by atoms with Gasteiger partial charge in [-0.3, -0.25) is 9.97 Å². The number of hydrogen-bond donors (Lipinski definition) is 1. The molecule has 0 bridgehead atoms. The highest BCUT2D eigenvalue weighted by Gasteiger charge is 2.39. The predicted molar refractivity (Wildman–Crippen MR) is 136 cm³/mol. The molecule has 0 saturated heterocycles. The topological polar surface area (TPSA) is 72.0 Å². The standard InChI is InChI=1S/C25H21ClF3N3O2S2/c1-14(25(27,28)29)15-8-10-30-20(12-15)23-24-16(9-11-31-23)13-21(35-24)22(18-4-2-3-5-19(18)26)32-36(33,34)17-6-7-17/h2-5,8-14,17,22,32H,6-7H2,1H3/t14?,22-/m1/s1. The van der Waals surface area contributed by atoms with E-state index in [2.05, 4.69) is 14.7 Å². The van der Waals surface area contributed by atoms with Gasteiger partial charge in [0, 0.05) is 22.3 Å². The summed E-state index contributed by atoms with van der Waals surface area (Å²) in [7, 11) is -3.56. The van der Waals surface area contributed by atoms with Crippen LogP contribution >= 0.6 is 22.9 Å². The summed E-state index contributed by atoms with van der Waals surface area (Å²) >= 11 is 7.77. The van der Waals surface area contributed by atoms with Crippen molar-refractivity contribution in [1.29, 1.82) is 0 Å². The molecule has 1 aromatic carbocycles. The lowest BCUT2D eigenvalue weighted by Gasteiger charge is -2.19. The zero-order valence-corrected chi connectivity index (χ0v) is 21.3. The van der Waals surface area contributed by atoms with E-state index in [0.717, 1.165) is 12.3 Å². The van der Waals surface area contributed by atoms with E-state index in [1.165, 1.54) is 29.7 Å². The summed E-state index contributed by atoms with van der Waals surface area (Å²) in [4.78, 5) is 9.39. The van der Waals surface area contributed by atoms with E-state index in [1.54, 1.807) is 36.5 Å². The fourth-order valence-electron chi connectivity index (χ4n) is 3.97. The minimum atomic E-state index is -4.38. The van der Waals surface area contributed by atoms with Crippen molar-refractivity contribution in [1.82, 2.24) is 14.7 Å². The molecule has 0 radical (unpaired) electrons. The number of pyridine rings is 2. The van der Waals surface area contributed by atoms with Crippen molar-refractivity contribution in [2.24, 2.45) is 0 Å². The van der Waals surface area contributed by atoms with E-state index in [1.807, 2.05) is 6.07 Å². The Bertz CT molecular complexity index is 1540. The first-order valence-electron chi connectivity index (χ1n) is 11.2. The number of thiophene rings is 1. The van der Waals surface area contributed by atoms with Crippen LogP contribution in [-0.2, 0) is 10.0 Å². The highest BCUT2D eigenvalue weighted by Crippen LogP contribution is 2.41. The van der Waals surface area contributed by atoms with Gasteiger partial charge in [0.25, 0.3) is 0 Å². The first kappa shape index (κ1) is 25.1. The second-order valence-electron chi connectivity index (χ2n) is 8.78. The molecule has 0 aliphatic heterocycles. The minimum Gasteiger partial charge on any atom is -0.255 e. The second kappa shape index (κ2) is 9.41. The molecular formula is C25H21ClF3N3O2S2. The van der Waals surface area contributed by atoms with Gasteiger partial charge >= 0.3 is 6.18 Å². The maximum atomic E-state index is 13.3. The molecular weight excluding hydrogens is 531 g/mol. The molecule has 1 unspecified atom stereocenters. The number of nitrogens with one attached hydrogen (secondary N) is 1. The van der Waals surface area contributed by atoms with Crippen LogP contribution in [0.25, 0.3) is 21.5 Å². The van der Waals surface area contributed by atoms with Crippen molar-refractivity contribution in [3.63, 3.8) is 0 Å². The Morgan fingerprint density at radius 3 is 2.50 bits per heavy atom. The molecule has 11 heteroatoms. The Morgan fingerprint density at radius 2 is 1.81 bits per heavy atom. The van der Waals surface area contributed by atoms with Crippen LogP contribution in [0.4, 0.5) is 13.2 Å². The van der Waals surface area contributed by atoms with Crippen molar-refractivity contribution in [2.75, 3.05) is 0 Å². The van der Waals surface area contributed by atoms with Crippen molar-refractivity contribution in [2.45, 2.75) is 43.2 Å². The van der Waals surface area contributed by atoms with Crippen molar-refractivity contribution in [3.05, 3.63) is 82.0 Å².